The van der Waals surface area contributed by atoms with E-state index in [2.05, 4.69) is 10.1 Å². The lowest BCUT2D eigenvalue weighted by Crippen LogP contribution is -2.04. The van der Waals surface area contributed by atoms with Crippen LogP contribution in [0.25, 0.3) is 11.4 Å². The fourth-order valence-corrected chi connectivity index (χ4v) is 2.31. The van der Waals surface area contributed by atoms with Crippen LogP contribution >= 0.6 is 0 Å². The summed E-state index contributed by atoms with van der Waals surface area (Å²) in [5.74, 6) is 0.146. The molecular formula is C19H15F3N2O4. The van der Waals surface area contributed by atoms with Gasteiger partial charge in [-0.05, 0) is 43.3 Å². The average molecular weight is 392 g/mol. The standard InChI is InChI=1S/C19H15F3N2O4/c1-2-26-18(25)12-6-8-15(9-7-12)27-11-16-23-17(24-28-16)13-4-3-5-14(10-13)19(20,21)22/h3-10H,2,11H2,1H3. The summed E-state index contributed by atoms with van der Waals surface area (Å²) in [7, 11) is 0. The van der Waals surface area contributed by atoms with Gasteiger partial charge in [0.15, 0.2) is 6.61 Å². The third-order valence-corrected chi connectivity index (χ3v) is 3.64. The van der Waals surface area contributed by atoms with Crippen LogP contribution in [0.5, 0.6) is 5.75 Å². The predicted octanol–water partition coefficient (Wildman–Crippen LogP) is 4.51. The molecule has 0 spiro atoms. The van der Waals surface area contributed by atoms with Crippen molar-refractivity contribution in [2.24, 2.45) is 0 Å². The minimum atomic E-state index is -4.46. The van der Waals surface area contributed by atoms with Crippen LogP contribution in [-0.2, 0) is 17.5 Å². The summed E-state index contributed by atoms with van der Waals surface area (Å²) in [6.07, 6.45) is -4.46. The Balaban J connectivity index is 1.65. The van der Waals surface area contributed by atoms with E-state index in [4.69, 9.17) is 14.0 Å². The molecule has 9 heteroatoms. The fraction of sp³-hybridized carbons (Fsp3) is 0.211. The molecule has 0 fully saturated rings. The fourth-order valence-electron chi connectivity index (χ4n) is 2.31. The van der Waals surface area contributed by atoms with Crippen LogP contribution in [-0.4, -0.2) is 22.7 Å². The molecule has 28 heavy (non-hydrogen) atoms. The Morgan fingerprint density at radius 2 is 1.89 bits per heavy atom. The van der Waals surface area contributed by atoms with Gasteiger partial charge in [0.2, 0.25) is 5.82 Å². The highest BCUT2D eigenvalue weighted by Crippen LogP contribution is 2.31. The maximum atomic E-state index is 12.8. The van der Waals surface area contributed by atoms with E-state index in [1.807, 2.05) is 0 Å². The van der Waals surface area contributed by atoms with Crippen molar-refractivity contribution in [2.75, 3.05) is 6.61 Å². The van der Waals surface area contributed by atoms with Crippen LogP contribution in [0.15, 0.2) is 53.1 Å². The summed E-state index contributed by atoms with van der Waals surface area (Å²) in [6.45, 7) is 1.92. The predicted molar refractivity (Wildman–Crippen MR) is 91.5 cm³/mol. The van der Waals surface area contributed by atoms with Gasteiger partial charge in [-0.25, -0.2) is 4.79 Å². The number of alkyl halides is 3. The van der Waals surface area contributed by atoms with Crippen LogP contribution in [0.2, 0.25) is 0 Å². The lowest BCUT2D eigenvalue weighted by molar-refractivity contribution is -0.137. The van der Waals surface area contributed by atoms with Crippen LogP contribution in [0.4, 0.5) is 13.2 Å². The number of hydrogen-bond acceptors (Lipinski definition) is 6. The molecule has 3 rings (SSSR count). The van der Waals surface area contributed by atoms with Gasteiger partial charge < -0.3 is 14.0 Å². The first-order valence-corrected chi connectivity index (χ1v) is 8.27. The Hall–Kier alpha value is -3.36. The first-order valence-electron chi connectivity index (χ1n) is 8.27. The van der Waals surface area contributed by atoms with Crippen molar-refractivity contribution in [3.63, 3.8) is 0 Å². The lowest BCUT2D eigenvalue weighted by atomic mass is 10.1. The molecular weight excluding hydrogens is 377 g/mol. The van der Waals surface area contributed by atoms with Gasteiger partial charge in [-0.3, -0.25) is 0 Å². The molecule has 0 bridgehead atoms. The maximum absolute atomic E-state index is 12.8. The number of rotatable bonds is 6. The summed E-state index contributed by atoms with van der Waals surface area (Å²) in [5, 5.41) is 3.69. The highest BCUT2D eigenvalue weighted by molar-refractivity contribution is 5.89. The third kappa shape index (κ3) is 4.67. The number of ether oxygens (including phenoxy) is 2. The molecule has 146 valence electrons. The molecule has 1 aromatic heterocycles. The van der Waals surface area contributed by atoms with E-state index in [9.17, 15) is 18.0 Å². The molecule has 2 aromatic carbocycles. The number of hydrogen-bond donors (Lipinski definition) is 0. The molecule has 0 aliphatic rings. The molecule has 6 nitrogen and oxygen atoms in total. The Bertz CT molecular complexity index is 952. The number of carbonyl (C=O) groups excluding carboxylic acids is 1. The zero-order valence-electron chi connectivity index (χ0n) is 14.7. The summed E-state index contributed by atoms with van der Waals surface area (Å²) in [4.78, 5) is 15.6. The summed E-state index contributed by atoms with van der Waals surface area (Å²) < 4.78 is 53.8. The number of carbonyl (C=O) groups is 1. The highest BCUT2D eigenvalue weighted by Gasteiger charge is 2.30. The maximum Gasteiger partial charge on any atom is 0.416 e. The first-order chi connectivity index (χ1) is 13.4. The van der Waals surface area contributed by atoms with E-state index >= 15 is 0 Å². The molecule has 1 heterocycles. The molecule has 0 saturated carbocycles. The van der Waals surface area contributed by atoms with E-state index in [1.54, 1.807) is 31.2 Å². The van der Waals surface area contributed by atoms with Gasteiger partial charge in [0.05, 0.1) is 17.7 Å². The zero-order valence-corrected chi connectivity index (χ0v) is 14.7. The third-order valence-electron chi connectivity index (χ3n) is 3.64. The average Bonchev–Trinajstić information content (AvgIpc) is 3.15. The Morgan fingerprint density at radius 1 is 1.14 bits per heavy atom. The summed E-state index contributed by atoms with van der Waals surface area (Å²) in [6, 6.07) is 10.9. The van der Waals surface area contributed by atoms with Gasteiger partial charge in [0.1, 0.15) is 5.75 Å². The van der Waals surface area contributed by atoms with Gasteiger partial charge in [-0.15, -0.1) is 0 Å². The van der Waals surface area contributed by atoms with E-state index in [0.29, 0.717) is 11.3 Å². The van der Waals surface area contributed by atoms with Crippen molar-refractivity contribution in [1.29, 1.82) is 0 Å². The van der Waals surface area contributed by atoms with Crippen molar-refractivity contribution >= 4 is 5.97 Å². The second-order valence-corrected chi connectivity index (χ2v) is 5.62. The van der Waals surface area contributed by atoms with Crippen LogP contribution < -0.4 is 4.74 Å². The molecule has 0 unspecified atom stereocenters. The van der Waals surface area contributed by atoms with Gasteiger partial charge in [0.25, 0.3) is 5.89 Å². The Kier molecular flexibility index (Phi) is 5.62. The second-order valence-electron chi connectivity index (χ2n) is 5.62. The SMILES string of the molecule is CCOC(=O)c1ccc(OCc2nc(-c3cccc(C(F)(F)F)c3)no2)cc1. The van der Waals surface area contributed by atoms with Crippen molar-refractivity contribution in [2.45, 2.75) is 19.7 Å². The highest BCUT2D eigenvalue weighted by atomic mass is 19.4. The largest absolute Gasteiger partial charge is 0.484 e. The van der Waals surface area contributed by atoms with Crippen molar-refractivity contribution in [1.82, 2.24) is 10.1 Å². The van der Waals surface area contributed by atoms with E-state index < -0.39 is 17.7 Å². The molecule has 0 amide bonds. The molecule has 0 N–H and O–H groups in total. The van der Waals surface area contributed by atoms with Gasteiger partial charge in [-0.2, -0.15) is 18.2 Å². The normalized spacial score (nSPS) is 11.3. The quantitative estimate of drug-likeness (QED) is 0.575. The lowest BCUT2D eigenvalue weighted by Gasteiger charge is -2.06. The van der Waals surface area contributed by atoms with Crippen LogP contribution in [0.3, 0.4) is 0 Å². The van der Waals surface area contributed by atoms with Gasteiger partial charge in [0, 0.05) is 5.56 Å². The van der Waals surface area contributed by atoms with Crippen LogP contribution in [0, 0.1) is 0 Å². The smallest absolute Gasteiger partial charge is 0.416 e. The van der Waals surface area contributed by atoms with E-state index in [1.165, 1.54) is 12.1 Å². The first kappa shape index (κ1) is 19.4. The molecule has 0 atom stereocenters. The second kappa shape index (κ2) is 8.12. The van der Waals surface area contributed by atoms with Gasteiger partial charge in [-0.1, -0.05) is 17.3 Å². The van der Waals surface area contributed by atoms with Gasteiger partial charge >= 0.3 is 12.1 Å². The number of halogens is 3. The van der Waals surface area contributed by atoms with Crippen molar-refractivity contribution in [3.8, 4) is 17.1 Å². The topological polar surface area (TPSA) is 74.5 Å². The monoisotopic (exact) mass is 392 g/mol. The van der Waals surface area contributed by atoms with Crippen LogP contribution in [0.1, 0.15) is 28.7 Å². The number of esters is 1. The molecule has 0 radical (unpaired) electrons. The minimum Gasteiger partial charge on any atom is -0.484 e. The number of nitrogens with zero attached hydrogens (tertiary/aromatic N) is 2. The Morgan fingerprint density at radius 3 is 2.57 bits per heavy atom. The van der Waals surface area contributed by atoms with E-state index in [0.717, 1.165) is 12.1 Å². The van der Waals surface area contributed by atoms with Crippen molar-refractivity contribution < 1.29 is 32.0 Å². The molecule has 3 aromatic rings. The molecule has 0 aliphatic heterocycles. The molecule has 0 saturated heterocycles. The summed E-state index contributed by atoms with van der Waals surface area (Å²) in [5.41, 5.74) is -0.225. The minimum absolute atomic E-state index is 0.0300. The zero-order chi connectivity index (χ0) is 20.1. The Labute approximate surface area is 157 Å². The number of aromatic nitrogens is 2. The van der Waals surface area contributed by atoms with E-state index in [-0.39, 0.29) is 30.5 Å². The summed E-state index contributed by atoms with van der Waals surface area (Å²) >= 11 is 0. The molecule has 0 aliphatic carbocycles. The van der Waals surface area contributed by atoms with Crippen molar-refractivity contribution in [3.05, 3.63) is 65.5 Å². The number of benzene rings is 2.